The van der Waals surface area contributed by atoms with Gasteiger partial charge in [-0.05, 0) is 30.7 Å². The van der Waals surface area contributed by atoms with Crippen molar-refractivity contribution in [2.75, 3.05) is 45.6 Å². The summed E-state index contributed by atoms with van der Waals surface area (Å²) < 4.78 is 0. The Kier molecular flexibility index (Phi) is 4.80. The van der Waals surface area contributed by atoms with Gasteiger partial charge in [-0.3, -0.25) is 9.59 Å². The van der Waals surface area contributed by atoms with Crippen molar-refractivity contribution in [3.63, 3.8) is 0 Å². The van der Waals surface area contributed by atoms with E-state index in [1.807, 2.05) is 18.2 Å². The normalized spacial score (nSPS) is 14.2. The van der Waals surface area contributed by atoms with Gasteiger partial charge in [0.05, 0.1) is 5.56 Å². The summed E-state index contributed by atoms with van der Waals surface area (Å²) in [7, 11) is 3.38. The molecule has 0 atom stereocenters. The lowest BCUT2D eigenvalue weighted by atomic mass is 10.1. The molecule has 0 saturated carbocycles. The summed E-state index contributed by atoms with van der Waals surface area (Å²) in [5.74, 6) is -0.184. The maximum absolute atomic E-state index is 12.6. The Hall–Kier alpha value is -2.08. The second-order valence-electron chi connectivity index (χ2n) is 5.36. The first kappa shape index (κ1) is 15.3. The maximum atomic E-state index is 12.6. The van der Waals surface area contributed by atoms with Crippen LogP contribution in [0.25, 0.3) is 0 Å². The Labute approximate surface area is 124 Å². The molecule has 2 rings (SSSR count). The molecule has 1 aliphatic heterocycles. The fourth-order valence-electron chi connectivity index (χ4n) is 2.30. The zero-order chi connectivity index (χ0) is 15.4. The number of rotatable bonds is 4. The minimum Gasteiger partial charge on any atom is -0.383 e. The van der Waals surface area contributed by atoms with Gasteiger partial charge in [-0.25, -0.2) is 0 Å². The molecule has 1 aliphatic rings. The van der Waals surface area contributed by atoms with Crippen molar-refractivity contribution in [1.82, 2.24) is 9.80 Å². The van der Waals surface area contributed by atoms with Gasteiger partial charge in [-0.15, -0.1) is 0 Å². The van der Waals surface area contributed by atoms with Crippen molar-refractivity contribution in [3.05, 3.63) is 29.3 Å². The Morgan fingerprint density at radius 2 is 2.19 bits per heavy atom. The molecule has 0 bridgehead atoms. The van der Waals surface area contributed by atoms with E-state index in [9.17, 15) is 9.59 Å². The van der Waals surface area contributed by atoms with Crippen LogP contribution in [0.15, 0.2) is 18.2 Å². The summed E-state index contributed by atoms with van der Waals surface area (Å²) in [6.07, 6.45) is 0.784. The van der Waals surface area contributed by atoms with Crippen LogP contribution in [0.3, 0.4) is 0 Å². The SMILES string of the molecule is CN(C)C(=O)CN1CCNc2cc(CCN)ccc2C1=O. The van der Waals surface area contributed by atoms with Gasteiger partial charge in [0, 0.05) is 32.9 Å². The Morgan fingerprint density at radius 1 is 1.43 bits per heavy atom. The number of carbonyl (C=O) groups excluding carboxylic acids is 2. The Morgan fingerprint density at radius 3 is 2.86 bits per heavy atom. The van der Waals surface area contributed by atoms with E-state index in [2.05, 4.69) is 5.32 Å². The molecule has 1 aromatic rings. The second-order valence-corrected chi connectivity index (χ2v) is 5.36. The van der Waals surface area contributed by atoms with Crippen LogP contribution >= 0.6 is 0 Å². The summed E-state index contributed by atoms with van der Waals surface area (Å²) in [5, 5.41) is 3.26. The minimum atomic E-state index is -0.107. The number of nitrogens with zero attached hydrogens (tertiary/aromatic N) is 2. The lowest BCUT2D eigenvalue weighted by molar-refractivity contribution is -0.129. The molecular weight excluding hydrogens is 268 g/mol. The van der Waals surface area contributed by atoms with Crippen LogP contribution in [0.5, 0.6) is 0 Å². The molecule has 3 N–H and O–H groups in total. The van der Waals surface area contributed by atoms with Crippen molar-refractivity contribution < 1.29 is 9.59 Å². The molecule has 0 saturated heterocycles. The number of hydrogen-bond donors (Lipinski definition) is 2. The van der Waals surface area contributed by atoms with E-state index in [0.717, 1.165) is 17.7 Å². The molecule has 2 amide bonds. The van der Waals surface area contributed by atoms with Gasteiger partial charge in [0.1, 0.15) is 6.54 Å². The van der Waals surface area contributed by atoms with Crippen molar-refractivity contribution >= 4 is 17.5 Å². The largest absolute Gasteiger partial charge is 0.383 e. The molecule has 6 nitrogen and oxygen atoms in total. The third-order valence-electron chi connectivity index (χ3n) is 3.56. The van der Waals surface area contributed by atoms with E-state index in [-0.39, 0.29) is 18.4 Å². The topological polar surface area (TPSA) is 78.7 Å². The van der Waals surface area contributed by atoms with Crippen molar-refractivity contribution in [2.45, 2.75) is 6.42 Å². The van der Waals surface area contributed by atoms with Crippen molar-refractivity contribution in [3.8, 4) is 0 Å². The van der Waals surface area contributed by atoms with E-state index in [4.69, 9.17) is 5.73 Å². The molecule has 0 unspecified atom stereocenters. The second kappa shape index (κ2) is 6.58. The predicted octanol–water partition coefficient (Wildman–Crippen LogP) is 0.144. The number of nitrogens with one attached hydrogen (secondary N) is 1. The summed E-state index contributed by atoms with van der Waals surface area (Å²) in [4.78, 5) is 27.5. The van der Waals surface area contributed by atoms with Gasteiger partial charge < -0.3 is 20.9 Å². The molecule has 0 spiro atoms. The number of benzene rings is 1. The molecule has 6 heteroatoms. The number of anilines is 1. The summed E-state index contributed by atoms with van der Waals surface area (Å²) in [5.41, 5.74) is 8.10. The van der Waals surface area contributed by atoms with Gasteiger partial charge >= 0.3 is 0 Å². The van der Waals surface area contributed by atoms with E-state index in [1.165, 1.54) is 4.90 Å². The van der Waals surface area contributed by atoms with Crippen molar-refractivity contribution in [1.29, 1.82) is 0 Å². The number of likely N-dealkylation sites (N-methyl/N-ethyl adjacent to an activating group) is 1. The Balaban J connectivity index is 2.21. The van der Waals surface area contributed by atoms with Crippen LogP contribution in [0.2, 0.25) is 0 Å². The van der Waals surface area contributed by atoms with Gasteiger partial charge in [0.15, 0.2) is 0 Å². The van der Waals surface area contributed by atoms with Crippen LogP contribution in [0.1, 0.15) is 15.9 Å². The van der Waals surface area contributed by atoms with Gasteiger partial charge in [-0.1, -0.05) is 6.07 Å². The van der Waals surface area contributed by atoms with Gasteiger partial charge in [0.2, 0.25) is 5.91 Å². The van der Waals surface area contributed by atoms with Gasteiger partial charge in [-0.2, -0.15) is 0 Å². The third kappa shape index (κ3) is 3.52. The molecular formula is C15H22N4O2. The summed E-state index contributed by atoms with van der Waals surface area (Å²) in [6, 6.07) is 5.70. The molecule has 0 aliphatic carbocycles. The molecule has 1 heterocycles. The number of carbonyl (C=O) groups is 2. The molecule has 114 valence electrons. The van der Waals surface area contributed by atoms with E-state index >= 15 is 0 Å². The molecule has 21 heavy (non-hydrogen) atoms. The van der Waals surface area contributed by atoms with Crippen molar-refractivity contribution in [2.24, 2.45) is 5.73 Å². The zero-order valence-corrected chi connectivity index (χ0v) is 12.6. The summed E-state index contributed by atoms with van der Waals surface area (Å²) >= 11 is 0. The van der Waals surface area contributed by atoms with E-state index < -0.39 is 0 Å². The average Bonchev–Trinajstić information content (AvgIpc) is 2.59. The first-order chi connectivity index (χ1) is 10.0. The third-order valence-corrected chi connectivity index (χ3v) is 3.56. The van der Waals surface area contributed by atoms with Crippen LogP contribution in [0, 0.1) is 0 Å². The number of fused-ring (bicyclic) bond motifs is 1. The zero-order valence-electron chi connectivity index (χ0n) is 12.6. The minimum absolute atomic E-state index is 0.0773. The quantitative estimate of drug-likeness (QED) is 0.827. The van der Waals surface area contributed by atoms with Crippen LogP contribution in [0.4, 0.5) is 5.69 Å². The predicted molar refractivity (Wildman–Crippen MR) is 82.3 cm³/mol. The highest BCUT2D eigenvalue weighted by Crippen LogP contribution is 2.22. The first-order valence-electron chi connectivity index (χ1n) is 7.09. The highest BCUT2D eigenvalue weighted by Gasteiger charge is 2.24. The Bertz CT molecular complexity index is 542. The molecule has 0 aromatic heterocycles. The monoisotopic (exact) mass is 290 g/mol. The lowest BCUT2D eigenvalue weighted by Crippen LogP contribution is -2.41. The fourth-order valence-corrected chi connectivity index (χ4v) is 2.30. The first-order valence-corrected chi connectivity index (χ1v) is 7.09. The smallest absolute Gasteiger partial charge is 0.256 e. The standard InChI is InChI=1S/C15H22N4O2/c1-18(2)14(20)10-19-8-7-17-13-9-11(5-6-16)3-4-12(13)15(19)21/h3-4,9,17H,5-8,10,16H2,1-2H3. The van der Waals surface area contributed by atoms with Crippen LogP contribution in [-0.2, 0) is 11.2 Å². The fraction of sp³-hybridized carbons (Fsp3) is 0.467. The average molecular weight is 290 g/mol. The number of nitrogens with two attached hydrogens (primary N) is 1. The highest BCUT2D eigenvalue weighted by molar-refractivity contribution is 6.01. The summed E-state index contributed by atoms with van der Waals surface area (Å²) in [6.45, 7) is 1.83. The molecule has 0 fully saturated rings. The lowest BCUT2D eigenvalue weighted by Gasteiger charge is -2.21. The van der Waals surface area contributed by atoms with Gasteiger partial charge in [0.25, 0.3) is 5.91 Å². The van der Waals surface area contributed by atoms with E-state index in [0.29, 0.717) is 25.2 Å². The van der Waals surface area contributed by atoms with E-state index in [1.54, 1.807) is 19.0 Å². The maximum Gasteiger partial charge on any atom is 0.256 e. The van der Waals surface area contributed by atoms with Crippen LogP contribution in [-0.4, -0.2) is 61.9 Å². The van der Waals surface area contributed by atoms with Crippen LogP contribution < -0.4 is 11.1 Å². The highest BCUT2D eigenvalue weighted by atomic mass is 16.2. The number of amides is 2. The number of hydrogen-bond acceptors (Lipinski definition) is 4. The molecule has 0 radical (unpaired) electrons. The molecule has 1 aromatic carbocycles.